The molecule has 2 unspecified atom stereocenters. The largest absolute Gasteiger partial charge is 0.375 e. The van der Waals surface area contributed by atoms with Crippen molar-refractivity contribution in [2.45, 2.75) is 185 Å². The van der Waals surface area contributed by atoms with E-state index in [1.54, 1.807) is 0 Å². The Morgan fingerprint density at radius 3 is 1.86 bits per heavy atom. The number of nitrogens with one attached hydrogen (secondary N) is 2. The Hall–Kier alpha value is -1.15. The molecular formula is C36H74N4O3. The van der Waals surface area contributed by atoms with Gasteiger partial charge in [-0.05, 0) is 98.3 Å². The van der Waals surface area contributed by atoms with E-state index in [0.717, 1.165) is 44.1 Å². The Bertz CT molecular complexity index is 874. The number of ether oxygens (including phenoxy) is 2. The second-order valence-corrected chi connectivity index (χ2v) is 17.5. The van der Waals surface area contributed by atoms with Crippen molar-refractivity contribution < 1.29 is 14.3 Å². The number of hydrazine groups is 2. The Morgan fingerprint density at radius 1 is 0.860 bits per heavy atom. The van der Waals surface area contributed by atoms with Gasteiger partial charge in [-0.15, -0.1) is 5.53 Å². The quantitative estimate of drug-likeness (QED) is 0.134. The van der Waals surface area contributed by atoms with Gasteiger partial charge in [0.15, 0.2) is 0 Å². The van der Waals surface area contributed by atoms with Gasteiger partial charge in [0.2, 0.25) is 0 Å². The molecule has 256 valence electrons. The summed E-state index contributed by atoms with van der Waals surface area (Å²) >= 11 is 0. The number of hydrogen-bond acceptors (Lipinski definition) is 7. The van der Waals surface area contributed by atoms with E-state index in [2.05, 4.69) is 128 Å². The fourth-order valence-corrected chi connectivity index (χ4v) is 7.05. The maximum Gasteiger partial charge on any atom is 0.125 e. The number of nitrogens with zero attached hydrogens (tertiary/aromatic N) is 1. The van der Waals surface area contributed by atoms with Gasteiger partial charge in [0.25, 0.3) is 0 Å². The third kappa shape index (κ3) is 15.6. The zero-order chi connectivity index (χ0) is 34.1. The first kappa shape index (κ1) is 41.9. The van der Waals surface area contributed by atoms with Gasteiger partial charge < -0.3 is 25.4 Å². The summed E-state index contributed by atoms with van der Waals surface area (Å²) in [6.07, 6.45) is 9.55. The molecule has 7 heteroatoms. The normalized spacial score (nSPS) is 17.9. The maximum atomic E-state index is 11.7. The summed E-state index contributed by atoms with van der Waals surface area (Å²) in [6, 6.07) is 0. The van der Waals surface area contributed by atoms with E-state index < -0.39 is 11.3 Å². The Kier molecular flexibility index (Phi) is 15.5. The lowest BCUT2D eigenvalue weighted by molar-refractivity contribution is -0.157. The molecule has 1 aliphatic heterocycles. The van der Waals surface area contributed by atoms with Crippen molar-refractivity contribution in [3.63, 3.8) is 0 Å². The highest BCUT2D eigenvalue weighted by atomic mass is 16.5. The first-order valence-corrected chi connectivity index (χ1v) is 16.8. The van der Waals surface area contributed by atoms with E-state index in [-0.39, 0.29) is 27.4 Å². The van der Waals surface area contributed by atoms with Gasteiger partial charge in [0, 0.05) is 17.0 Å². The fourth-order valence-electron chi connectivity index (χ4n) is 7.05. The zero-order valence-electron chi connectivity index (χ0n) is 31.6. The van der Waals surface area contributed by atoms with Crippen molar-refractivity contribution >= 4 is 6.29 Å². The summed E-state index contributed by atoms with van der Waals surface area (Å²) in [4.78, 5) is 11.7. The van der Waals surface area contributed by atoms with Gasteiger partial charge in [-0.2, -0.15) is 0 Å². The number of carbonyl (C=O) groups excluding carboxylic acids is 1. The lowest BCUT2D eigenvalue weighted by atomic mass is 9.69. The van der Waals surface area contributed by atoms with Crippen LogP contribution in [0, 0.1) is 22.2 Å². The summed E-state index contributed by atoms with van der Waals surface area (Å²) in [7, 11) is 0. The number of hydrogen-bond donors (Lipinski definition) is 3. The van der Waals surface area contributed by atoms with Crippen molar-refractivity contribution in [2.75, 3.05) is 6.61 Å². The SMILES string of the molecule is CCC.CCC(C)(C=O)CC(C)(C)OC(C)(C)CCOC(C)(C)CC(C)(C)CC(C)(C)C1=CN(C(C)(N)CC(C)C)NN1. The highest BCUT2D eigenvalue weighted by Gasteiger charge is 2.40. The van der Waals surface area contributed by atoms with E-state index in [4.69, 9.17) is 15.2 Å². The van der Waals surface area contributed by atoms with Crippen molar-refractivity contribution in [3.8, 4) is 0 Å². The standard InChI is InChI=1S/C33H66N4O3.C3H8/c1-16-32(14,24-38)23-31(12,13)40-29(8,9)17-18-39-30(10,11)22-27(4,5)21-28(6,7)26-20-37(36-35-26)33(15,34)19-25(2)3;1-3-2/h20,24-25,35-36H,16-19,21-23,34H2,1-15H3;3H2,1-2H3. The molecule has 43 heavy (non-hydrogen) atoms. The lowest BCUT2D eigenvalue weighted by Gasteiger charge is -2.42. The molecule has 2 atom stereocenters. The molecule has 0 bridgehead atoms. The predicted molar refractivity (Wildman–Crippen MR) is 184 cm³/mol. The van der Waals surface area contributed by atoms with E-state index >= 15 is 0 Å². The molecule has 0 radical (unpaired) electrons. The molecule has 7 nitrogen and oxygen atoms in total. The van der Waals surface area contributed by atoms with Crippen molar-refractivity contribution in [2.24, 2.45) is 27.9 Å². The number of carbonyl (C=O) groups is 1. The van der Waals surface area contributed by atoms with Crippen LogP contribution in [-0.4, -0.2) is 40.4 Å². The van der Waals surface area contributed by atoms with Gasteiger partial charge in [-0.3, -0.25) is 5.01 Å². The van der Waals surface area contributed by atoms with Crippen LogP contribution in [0.3, 0.4) is 0 Å². The van der Waals surface area contributed by atoms with E-state index in [1.165, 1.54) is 6.42 Å². The van der Waals surface area contributed by atoms with E-state index in [0.29, 0.717) is 18.9 Å². The topological polar surface area (TPSA) is 88.9 Å². The molecule has 0 spiro atoms. The monoisotopic (exact) mass is 611 g/mol. The Labute approximate surface area is 267 Å². The summed E-state index contributed by atoms with van der Waals surface area (Å²) in [6.45, 7) is 37.4. The summed E-state index contributed by atoms with van der Waals surface area (Å²) in [5, 5.41) is 2.01. The van der Waals surface area contributed by atoms with Crippen molar-refractivity contribution in [1.82, 2.24) is 16.0 Å². The second-order valence-electron chi connectivity index (χ2n) is 17.5. The molecule has 1 heterocycles. The Morgan fingerprint density at radius 2 is 1.40 bits per heavy atom. The first-order chi connectivity index (χ1) is 19.2. The molecule has 0 saturated heterocycles. The number of rotatable bonds is 18. The van der Waals surface area contributed by atoms with Crippen LogP contribution in [0.25, 0.3) is 0 Å². The van der Waals surface area contributed by atoms with E-state index in [9.17, 15) is 4.79 Å². The Balaban J connectivity index is 0.00000562. The molecule has 1 aliphatic rings. The van der Waals surface area contributed by atoms with Crippen LogP contribution in [0.15, 0.2) is 11.9 Å². The third-order valence-electron chi connectivity index (χ3n) is 8.17. The molecule has 0 fully saturated rings. The molecule has 1 rings (SSSR count). The maximum absolute atomic E-state index is 11.7. The fraction of sp³-hybridized carbons (Fsp3) is 0.917. The van der Waals surface area contributed by atoms with Gasteiger partial charge in [-0.25, -0.2) is 0 Å². The number of nitrogens with two attached hydrogens (primary N) is 1. The van der Waals surface area contributed by atoms with Crippen LogP contribution in [0.2, 0.25) is 0 Å². The zero-order valence-corrected chi connectivity index (χ0v) is 31.6. The minimum Gasteiger partial charge on any atom is -0.375 e. The number of aldehydes is 1. The highest BCUT2D eigenvalue weighted by molar-refractivity contribution is 5.58. The first-order valence-electron chi connectivity index (χ1n) is 16.8. The summed E-state index contributed by atoms with van der Waals surface area (Å²) < 4.78 is 13.0. The van der Waals surface area contributed by atoms with Crippen LogP contribution < -0.4 is 16.7 Å². The molecule has 0 aromatic rings. The summed E-state index contributed by atoms with van der Waals surface area (Å²) in [5.74, 6) is 0.506. The van der Waals surface area contributed by atoms with Crippen LogP contribution in [0.1, 0.15) is 163 Å². The number of allylic oxidation sites excluding steroid dienone is 1. The molecular weight excluding hydrogens is 536 g/mol. The van der Waals surface area contributed by atoms with Gasteiger partial charge >= 0.3 is 0 Å². The van der Waals surface area contributed by atoms with Crippen LogP contribution in [-0.2, 0) is 14.3 Å². The molecule has 0 aromatic heterocycles. The predicted octanol–water partition coefficient (Wildman–Crippen LogP) is 8.89. The summed E-state index contributed by atoms with van der Waals surface area (Å²) in [5.41, 5.74) is 12.5. The lowest BCUT2D eigenvalue weighted by Crippen LogP contribution is -2.57. The van der Waals surface area contributed by atoms with Crippen molar-refractivity contribution in [1.29, 1.82) is 0 Å². The minimum absolute atomic E-state index is 0.0420. The smallest absolute Gasteiger partial charge is 0.125 e. The minimum atomic E-state index is -0.471. The second kappa shape index (κ2) is 15.9. The van der Waals surface area contributed by atoms with E-state index in [1.807, 2.05) is 11.9 Å². The van der Waals surface area contributed by atoms with Crippen molar-refractivity contribution in [3.05, 3.63) is 11.9 Å². The molecule has 0 aromatic carbocycles. The average molecular weight is 611 g/mol. The van der Waals surface area contributed by atoms with Gasteiger partial charge in [-0.1, -0.05) is 75.7 Å². The molecule has 0 aliphatic carbocycles. The van der Waals surface area contributed by atoms with Gasteiger partial charge in [0.05, 0.1) is 29.1 Å². The van der Waals surface area contributed by atoms with Crippen LogP contribution >= 0.6 is 0 Å². The molecule has 4 N–H and O–H groups in total. The molecule has 0 amide bonds. The highest BCUT2D eigenvalue weighted by Crippen LogP contribution is 2.44. The average Bonchev–Trinajstić information content (AvgIpc) is 3.28. The molecule has 0 saturated carbocycles. The van der Waals surface area contributed by atoms with Crippen LogP contribution in [0.5, 0.6) is 0 Å². The third-order valence-corrected chi connectivity index (χ3v) is 8.17. The van der Waals surface area contributed by atoms with Crippen LogP contribution in [0.4, 0.5) is 0 Å². The van der Waals surface area contributed by atoms with Gasteiger partial charge in [0.1, 0.15) is 11.9 Å².